The lowest BCUT2D eigenvalue weighted by molar-refractivity contribution is -0.133. The molecule has 2 aliphatic heterocycles. The van der Waals surface area contributed by atoms with Crippen molar-refractivity contribution >= 4 is 17.7 Å². The summed E-state index contributed by atoms with van der Waals surface area (Å²) in [4.78, 5) is 34.1. The fourth-order valence-corrected chi connectivity index (χ4v) is 4.60. The van der Waals surface area contributed by atoms with Crippen molar-refractivity contribution in [1.82, 2.24) is 14.7 Å². The van der Waals surface area contributed by atoms with Crippen molar-refractivity contribution in [3.05, 3.63) is 54.1 Å². The summed E-state index contributed by atoms with van der Waals surface area (Å²) in [6.45, 7) is 5.49. The molecule has 36 heavy (non-hydrogen) atoms. The van der Waals surface area contributed by atoms with Gasteiger partial charge in [0.1, 0.15) is 6.10 Å². The minimum absolute atomic E-state index is 0.0120. The number of anilines is 1. The first-order valence-corrected chi connectivity index (χ1v) is 12.4. The summed E-state index contributed by atoms with van der Waals surface area (Å²) < 4.78 is 16.7. The highest BCUT2D eigenvalue weighted by atomic mass is 16.6. The van der Waals surface area contributed by atoms with E-state index in [4.69, 9.17) is 14.2 Å². The van der Waals surface area contributed by atoms with Gasteiger partial charge in [-0.2, -0.15) is 0 Å². The van der Waals surface area contributed by atoms with Gasteiger partial charge in [-0.05, 0) is 24.7 Å². The topological polar surface area (TPSA) is 74.8 Å². The van der Waals surface area contributed by atoms with Crippen LogP contribution in [0.2, 0.25) is 0 Å². The number of benzene rings is 2. The van der Waals surface area contributed by atoms with Gasteiger partial charge in [0, 0.05) is 64.1 Å². The van der Waals surface area contributed by atoms with Gasteiger partial charge < -0.3 is 33.8 Å². The number of ether oxygens (including phenoxy) is 3. The predicted octanol–water partition coefficient (Wildman–Crippen LogP) is 2.87. The van der Waals surface area contributed by atoms with Crippen LogP contribution in [0.1, 0.15) is 18.1 Å². The average molecular weight is 497 g/mol. The molecule has 2 heterocycles. The van der Waals surface area contributed by atoms with Crippen molar-refractivity contribution in [1.29, 1.82) is 0 Å². The van der Waals surface area contributed by atoms with E-state index in [0.29, 0.717) is 50.8 Å². The van der Waals surface area contributed by atoms with E-state index < -0.39 is 6.10 Å². The molecule has 2 amide bonds. The molecular formula is C27H36N4O5. The fraction of sp³-hybridized carbons (Fsp3) is 0.481. The van der Waals surface area contributed by atoms with Gasteiger partial charge in [0.05, 0.1) is 20.6 Å². The number of nitrogens with zero attached hydrogens (tertiary/aromatic N) is 4. The number of hydrogen-bond donors (Lipinski definition) is 0. The molecule has 9 nitrogen and oxygen atoms in total. The maximum absolute atomic E-state index is 13.3. The lowest BCUT2D eigenvalue weighted by atomic mass is 10.1. The Morgan fingerprint density at radius 1 is 0.806 bits per heavy atom. The first-order valence-electron chi connectivity index (χ1n) is 12.4. The zero-order valence-corrected chi connectivity index (χ0v) is 21.4. The quantitative estimate of drug-likeness (QED) is 0.584. The monoisotopic (exact) mass is 496 g/mol. The van der Waals surface area contributed by atoms with Crippen molar-refractivity contribution in [2.75, 3.05) is 78.5 Å². The van der Waals surface area contributed by atoms with E-state index in [-0.39, 0.29) is 18.4 Å². The van der Waals surface area contributed by atoms with Gasteiger partial charge in [-0.1, -0.05) is 30.3 Å². The summed E-state index contributed by atoms with van der Waals surface area (Å²) in [5.41, 5.74) is 1.86. The summed E-state index contributed by atoms with van der Waals surface area (Å²) in [5, 5.41) is 0. The lowest BCUT2D eigenvalue weighted by Gasteiger charge is -2.37. The third kappa shape index (κ3) is 6.20. The maximum Gasteiger partial charge on any atom is 0.410 e. The fourth-order valence-electron chi connectivity index (χ4n) is 4.60. The Kier molecular flexibility index (Phi) is 8.53. The van der Waals surface area contributed by atoms with Crippen LogP contribution in [0.25, 0.3) is 0 Å². The number of piperazine rings is 2. The van der Waals surface area contributed by atoms with E-state index in [1.165, 1.54) is 0 Å². The largest absolute Gasteiger partial charge is 0.493 e. The first-order chi connectivity index (χ1) is 17.5. The van der Waals surface area contributed by atoms with E-state index in [1.807, 2.05) is 60.5 Å². The molecule has 1 unspecified atom stereocenters. The van der Waals surface area contributed by atoms with Gasteiger partial charge in [0.2, 0.25) is 5.91 Å². The Bertz CT molecular complexity index is 1020. The first kappa shape index (κ1) is 25.6. The molecule has 0 saturated carbocycles. The second-order valence-corrected chi connectivity index (χ2v) is 9.18. The molecule has 2 aromatic carbocycles. The second-order valence-electron chi connectivity index (χ2n) is 9.18. The standard InChI is InChI=1S/C27H36N4O5/c1-28-11-13-31(14-12-28)27(33)36-24(21-7-5-4-6-8-21)20-26(32)30-17-15-29(16-18-30)22-9-10-23(34-2)25(19-22)35-3/h4-10,19,24H,11-18,20H2,1-3H3. The summed E-state index contributed by atoms with van der Waals surface area (Å²) in [6, 6.07) is 15.4. The summed E-state index contributed by atoms with van der Waals surface area (Å²) >= 11 is 0. The number of hydrogen-bond acceptors (Lipinski definition) is 7. The molecule has 0 bridgehead atoms. The van der Waals surface area contributed by atoms with Gasteiger partial charge in [0.25, 0.3) is 0 Å². The summed E-state index contributed by atoms with van der Waals surface area (Å²) in [5.74, 6) is 1.36. The van der Waals surface area contributed by atoms with Crippen molar-refractivity contribution in [2.45, 2.75) is 12.5 Å². The third-order valence-electron chi connectivity index (χ3n) is 6.90. The number of methoxy groups -OCH3 is 2. The van der Waals surface area contributed by atoms with Crippen molar-refractivity contribution in [3.63, 3.8) is 0 Å². The normalized spacial score (nSPS) is 17.5. The summed E-state index contributed by atoms with van der Waals surface area (Å²) in [6.07, 6.45) is -0.849. The molecule has 2 saturated heterocycles. The molecule has 0 radical (unpaired) electrons. The van der Waals surface area contributed by atoms with Gasteiger partial charge in [-0.3, -0.25) is 4.79 Å². The third-order valence-corrected chi connectivity index (χ3v) is 6.90. The van der Waals surface area contributed by atoms with Gasteiger partial charge in [-0.15, -0.1) is 0 Å². The number of carbonyl (C=O) groups excluding carboxylic acids is 2. The Morgan fingerprint density at radius 3 is 2.08 bits per heavy atom. The maximum atomic E-state index is 13.3. The minimum atomic E-state index is -0.616. The summed E-state index contributed by atoms with van der Waals surface area (Å²) in [7, 11) is 5.28. The van der Waals surface area contributed by atoms with Crippen LogP contribution >= 0.6 is 0 Å². The minimum Gasteiger partial charge on any atom is -0.493 e. The molecule has 2 fully saturated rings. The lowest BCUT2D eigenvalue weighted by Crippen LogP contribution is -2.49. The van der Waals surface area contributed by atoms with Crippen molar-refractivity contribution in [3.8, 4) is 11.5 Å². The molecular weight excluding hydrogens is 460 g/mol. The van der Waals surface area contributed by atoms with E-state index in [9.17, 15) is 9.59 Å². The molecule has 2 aromatic rings. The average Bonchev–Trinajstić information content (AvgIpc) is 2.93. The van der Waals surface area contributed by atoms with Crippen molar-refractivity contribution < 1.29 is 23.8 Å². The zero-order valence-electron chi connectivity index (χ0n) is 21.4. The molecule has 4 rings (SSSR count). The zero-order chi connectivity index (χ0) is 25.5. The molecule has 9 heteroatoms. The molecule has 0 aliphatic carbocycles. The number of likely N-dealkylation sites (N-methyl/N-ethyl adjacent to an activating group) is 1. The number of carbonyl (C=O) groups is 2. The van der Waals surface area contributed by atoms with Crippen LogP contribution < -0.4 is 14.4 Å². The van der Waals surface area contributed by atoms with Gasteiger partial charge in [0.15, 0.2) is 11.5 Å². The van der Waals surface area contributed by atoms with E-state index in [1.54, 1.807) is 19.1 Å². The van der Waals surface area contributed by atoms with Crippen LogP contribution in [-0.2, 0) is 9.53 Å². The molecule has 0 N–H and O–H groups in total. The highest BCUT2D eigenvalue weighted by Gasteiger charge is 2.29. The van der Waals surface area contributed by atoms with Crippen LogP contribution in [0.3, 0.4) is 0 Å². The highest BCUT2D eigenvalue weighted by Crippen LogP contribution is 2.32. The number of amides is 2. The molecule has 0 spiro atoms. The second kappa shape index (κ2) is 12.0. The van der Waals surface area contributed by atoms with Crippen LogP contribution in [-0.4, -0.2) is 100 Å². The number of rotatable bonds is 7. The smallest absolute Gasteiger partial charge is 0.410 e. The van der Waals surface area contributed by atoms with Gasteiger partial charge >= 0.3 is 6.09 Å². The SMILES string of the molecule is COc1ccc(N2CCN(C(=O)CC(OC(=O)N3CCN(C)CC3)c3ccccc3)CC2)cc1OC. The molecule has 194 valence electrons. The van der Waals surface area contributed by atoms with E-state index in [2.05, 4.69) is 9.80 Å². The van der Waals surface area contributed by atoms with Crippen LogP contribution in [0, 0.1) is 0 Å². The highest BCUT2D eigenvalue weighted by molar-refractivity contribution is 5.78. The Labute approximate surface area is 213 Å². The predicted molar refractivity (Wildman–Crippen MR) is 138 cm³/mol. The Balaban J connectivity index is 1.37. The molecule has 0 aromatic heterocycles. The van der Waals surface area contributed by atoms with E-state index >= 15 is 0 Å². The van der Waals surface area contributed by atoms with Crippen LogP contribution in [0.15, 0.2) is 48.5 Å². The van der Waals surface area contributed by atoms with Crippen LogP contribution in [0.4, 0.5) is 10.5 Å². The molecule has 2 aliphatic rings. The Morgan fingerprint density at radius 2 is 1.44 bits per heavy atom. The van der Waals surface area contributed by atoms with Gasteiger partial charge in [-0.25, -0.2) is 4.79 Å². The van der Waals surface area contributed by atoms with Crippen molar-refractivity contribution in [2.24, 2.45) is 0 Å². The van der Waals surface area contributed by atoms with E-state index in [0.717, 1.165) is 24.3 Å². The Hall–Kier alpha value is -3.46. The molecule has 1 atom stereocenters. The van der Waals surface area contributed by atoms with Crippen LogP contribution in [0.5, 0.6) is 11.5 Å².